The van der Waals surface area contributed by atoms with E-state index in [9.17, 15) is 18.3 Å². The van der Waals surface area contributed by atoms with Gasteiger partial charge in [-0.25, -0.2) is 4.98 Å². The molecule has 0 bridgehead atoms. The average Bonchev–Trinajstić information content (AvgIpc) is 2.37. The van der Waals surface area contributed by atoms with Gasteiger partial charge in [0.05, 0.1) is 0 Å². The van der Waals surface area contributed by atoms with Gasteiger partial charge in [0.2, 0.25) is 0 Å². The highest BCUT2D eigenvalue weighted by Crippen LogP contribution is 2.30. The Bertz CT molecular complexity index is 607. The lowest BCUT2D eigenvalue weighted by molar-refractivity contribution is -0.274. The Kier molecular flexibility index (Phi) is 4.04. The van der Waals surface area contributed by atoms with E-state index in [1.807, 2.05) is 0 Å². The fraction of sp³-hybridized carbons (Fsp3) is 0.214. The lowest BCUT2D eigenvalue weighted by Gasteiger charge is -2.16. The number of aromatic nitrogens is 1. The summed E-state index contributed by atoms with van der Waals surface area (Å²) in [5, 5.41) is 10.3. The molecule has 0 aliphatic rings. The predicted octanol–water partition coefficient (Wildman–Crippen LogP) is 2.95. The van der Waals surface area contributed by atoms with Crippen LogP contribution in [0.3, 0.4) is 0 Å². The van der Waals surface area contributed by atoms with Gasteiger partial charge in [-0.1, -0.05) is 12.1 Å². The van der Waals surface area contributed by atoms with Crippen LogP contribution < -0.4 is 10.5 Å². The van der Waals surface area contributed by atoms with Crippen LogP contribution in [0, 0.1) is 6.92 Å². The molecule has 112 valence electrons. The summed E-state index contributed by atoms with van der Waals surface area (Å²) >= 11 is 0. The van der Waals surface area contributed by atoms with Crippen LogP contribution >= 0.6 is 0 Å². The number of hydrogen-bond donors (Lipinski definition) is 2. The summed E-state index contributed by atoms with van der Waals surface area (Å²) < 4.78 is 40.0. The second kappa shape index (κ2) is 5.61. The van der Waals surface area contributed by atoms with Crippen molar-refractivity contribution in [1.29, 1.82) is 0 Å². The fourth-order valence-corrected chi connectivity index (χ4v) is 1.96. The first-order chi connectivity index (χ1) is 9.78. The molecular weight excluding hydrogens is 285 g/mol. The molecule has 0 saturated heterocycles. The number of aryl methyl sites for hydroxylation is 1. The number of rotatable bonds is 3. The van der Waals surface area contributed by atoms with E-state index in [-0.39, 0.29) is 11.6 Å². The number of alkyl halides is 3. The number of hydrogen-bond acceptors (Lipinski definition) is 4. The van der Waals surface area contributed by atoms with E-state index >= 15 is 0 Å². The van der Waals surface area contributed by atoms with Gasteiger partial charge in [-0.3, -0.25) is 0 Å². The lowest BCUT2D eigenvalue weighted by Crippen LogP contribution is -2.17. The van der Waals surface area contributed by atoms with Crippen LogP contribution in [0.2, 0.25) is 0 Å². The Balaban J connectivity index is 2.26. The number of halogens is 3. The minimum atomic E-state index is -4.75. The molecule has 1 unspecified atom stereocenters. The molecule has 7 heteroatoms. The first-order valence-corrected chi connectivity index (χ1v) is 6.02. The maximum Gasteiger partial charge on any atom is 0.573 e. The summed E-state index contributed by atoms with van der Waals surface area (Å²) in [6, 6.07) is 6.65. The maximum absolute atomic E-state index is 12.1. The zero-order chi connectivity index (χ0) is 15.6. The van der Waals surface area contributed by atoms with E-state index < -0.39 is 12.5 Å². The molecule has 21 heavy (non-hydrogen) atoms. The Labute approximate surface area is 119 Å². The summed E-state index contributed by atoms with van der Waals surface area (Å²) in [6.07, 6.45) is -4.30. The molecule has 0 aliphatic carbocycles. The van der Waals surface area contributed by atoms with Gasteiger partial charge >= 0.3 is 6.36 Å². The third-order valence-electron chi connectivity index (χ3n) is 2.94. The van der Waals surface area contributed by atoms with Crippen molar-refractivity contribution in [2.24, 2.45) is 0 Å². The van der Waals surface area contributed by atoms with Gasteiger partial charge in [0.1, 0.15) is 17.7 Å². The van der Waals surface area contributed by atoms with Crippen molar-refractivity contribution in [1.82, 2.24) is 4.98 Å². The van der Waals surface area contributed by atoms with Crippen LogP contribution in [-0.4, -0.2) is 16.5 Å². The molecule has 1 aromatic heterocycles. The second-order valence-corrected chi connectivity index (χ2v) is 4.45. The molecule has 0 radical (unpaired) electrons. The van der Waals surface area contributed by atoms with E-state index in [4.69, 9.17) is 5.73 Å². The first kappa shape index (κ1) is 15.1. The van der Waals surface area contributed by atoms with Crippen molar-refractivity contribution >= 4 is 5.82 Å². The van der Waals surface area contributed by atoms with Gasteiger partial charge in [-0.15, -0.1) is 13.2 Å². The molecule has 0 amide bonds. The minimum Gasteiger partial charge on any atom is -0.406 e. The SMILES string of the molecule is Cc1ccnc(N)c1C(O)c1ccc(OC(F)(F)F)cc1. The Morgan fingerprint density at radius 1 is 1.19 bits per heavy atom. The molecule has 0 fully saturated rings. The van der Waals surface area contributed by atoms with Crippen molar-refractivity contribution in [3.8, 4) is 5.75 Å². The van der Waals surface area contributed by atoms with Crippen molar-refractivity contribution in [2.75, 3.05) is 5.73 Å². The van der Waals surface area contributed by atoms with Gasteiger partial charge in [0, 0.05) is 11.8 Å². The van der Waals surface area contributed by atoms with E-state index in [1.54, 1.807) is 13.0 Å². The molecule has 0 spiro atoms. The number of ether oxygens (including phenoxy) is 1. The first-order valence-electron chi connectivity index (χ1n) is 6.02. The third kappa shape index (κ3) is 3.63. The normalized spacial score (nSPS) is 13.0. The predicted molar refractivity (Wildman–Crippen MR) is 70.6 cm³/mol. The highest BCUT2D eigenvalue weighted by molar-refractivity contribution is 5.49. The second-order valence-electron chi connectivity index (χ2n) is 4.45. The van der Waals surface area contributed by atoms with Crippen molar-refractivity contribution in [3.63, 3.8) is 0 Å². The summed E-state index contributed by atoms with van der Waals surface area (Å²) in [4.78, 5) is 3.90. The summed E-state index contributed by atoms with van der Waals surface area (Å²) in [6.45, 7) is 1.76. The van der Waals surface area contributed by atoms with Gasteiger partial charge in [-0.2, -0.15) is 0 Å². The van der Waals surface area contributed by atoms with Crippen molar-refractivity contribution < 1.29 is 23.0 Å². The van der Waals surface area contributed by atoms with Crippen LogP contribution in [-0.2, 0) is 0 Å². The van der Waals surface area contributed by atoms with Crippen LogP contribution in [0.5, 0.6) is 5.75 Å². The minimum absolute atomic E-state index is 0.179. The van der Waals surface area contributed by atoms with E-state index in [2.05, 4.69) is 9.72 Å². The van der Waals surface area contributed by atoms with Crippen LogP contribution in [0.15, 0.2) is 36.5 Å². The topological polar surface area (TPSA) is 68.4 Å². The van der Waals surface area contributed by atoms with Crippen LogP contribution in [0.4, 0.5) is 19.0 Å². The molecule has 1 atom stereocenters. The summed E-state index contributed by atoms with van der Waals surface area (Å²) in [5.41, 5.74) is 7.30. The number of anilines is 1. The molecule has 1 heterocycles. The zero-order valence-corrected chi connectivity index (χ0v) is 11.1. The van der Waals surface area contributed by atoms with E-state index in [1.165, 1.54) is 18.3 Å². The highest BCUT2D eigenvalue weighted by atomic mass is 19.4. The van der Waals surface area contributed by atoms with E-state index in [0.717, 1.165) is 17.7 Å². The fourth-order valence-electron chi connectivity index (χ4n) is 1.96. The Morgan fingerprint density at radius 2 is 1.81 bits per heavy atom. The number of benzene rings is 1. The summed E-state index contributed by atoms with van der Waals surface area (Å²) in [7, 11) is 0. The molecule has 0 aliphatic heterocycles. The maximum atomic E-state index is 12.1. The molecule has 1 aromatic carbocycles. The molecule has 2 aromatic rings. The van der Waals surface area contributed by atoms with Crippen molar-refractivity contribution in [2.45, 2.75) is 19.4 Å². The quantitative estimate of drug-likeness (QED) is 0.914. The Morgan fingerprint density at radius 3 is 2.33 bits per heavy atom. The van der Waals surface area contributed by atoms with Gasteiger partial charge < -0.3 is 15.6 Å². The number of nitrogen functional groups attached to an aromatic ring is 1. The smallest absolute Gasteiger partial charge is 0.406 e. The number of aliphatic hydroxyl groups is 1. The number of pyridine rings is 1. The van der Waals surface area contributed by atoms with Gasteiger partial charge in [0.25, 0.3) is 0 Å². The van der Waals surface area contributed by atoms with Crippen LogP contribution in [0.25, 0.3) is 0 Å². The monoisotopic (exact) mass is 298 g/mol. The molecule has 2 rings (SSSR count). The number of aliphatic hydroxyl groups excluding tert-OH is 1. The van der Waals surface area contributed by atoms with Gasteiger partial charge in [0.15, 0.2) is 0 Å². The third-order valence-corrected chi connectivity index (χ3v) is 2.94. The molecular formula is C14H13F3N2O2. The van der Waals surface area contributed by atoms with Crippen LogP contribution in [0.1, 0.15) is 22.8 Å². The Hall–Kier alpha value is -2.28. The number of nitrogens with two attached hydrogens (primary N) is 1. The summed E-state index contributed by atoms with van der Waals surface area (Å²) in [5.74, 6) is -0.174. The number of nitrogens with zero attached hydrogens (tertiary/aromatic N) is 1. The van der Waals surface area contributed by atoms with E-state index in [0.29, 0.717) is 11.1 Å². The van der Waals surface area contributed by atoms with Gasteiger partial charge in [-0.05, 0) is 36.2 Å². The molecule has 4 nitrogen and oxygen atoms in total. The lowest BCUT2D eigenvalue weighted by atomic mass is 9.98. The standard InChI is InChI=1S/C14H13F3N2O2/c1-8-6-7-19-13(18)11(8)12(20)9-2-4-10(5-3-9)21-14(15,16)17/h2-7,12,20H,1H3,(H2,18,19). The molecule has 0 saturated carbocycles. The molecule has 3 N–H and O–H groups in total. The highest BCUT2D eigenvalue weighted by Gasteiger charge is 2.31. The van der Waals surface area contributed by atoms with Crippen molar-refractivity contribution in [3.05, 3.63) is 53.2 Å². The average molecular weight is 298 g/mol. The largest absolute Gasteiger partial charge is 0.573 e. The zero-order valence-electron chi connectivity index (χ0n) is 11.1.